The summed E-state index contributed by atoms with van der Waals surface area (Å²) in [5.41, 5.74) is 0. The van der Waals surface area contributed by atoms with Gasteiger partial charge in [0.05, 0.1) is 0 Å². The van der Waals surface area contributed by atoms with E-state index in [1.54, 1.807) is 0 Å². The van der Waals surface area contributed by atoms with Gasteiger partial charge in [0.2, 0.25) is 0 Å². The molecule has 1 heterocycles. The molecule has 0 bridgehead atoms. The Hall–Kier alpha value is 0.00182. The van der Waals surface area contributed by atoms with Gasteiger partial charge < -0.3 is 9.74 Å². The van der Waals surface area contributed by atoms with Crippen molar-refractivity contribution in [3.8, 4) is 0 Å². The monoisotopic (exact) mass is 270 g/mol. The van der Waals surface area contributed by atoms with E-state index in [1.807, 2.05) is 0 Å². The molecule has 106 valence electrons. The summed E-state index contributed by atoms with van der Waals surface area (Å²) < 4.78 is 15.1. The minimum atomic E-state index is -1.57. The summed E-state index contributed by atoms with van der Waals surface area (Å²) in [4.78, 5) is 0. The Kier molecular flexibility index (Phi) is 7.56. The minimum absolute atomic E-state index is 0.317. The first-order valence-electron chi connectivity index (χ1n) is 6.92. The molecule has 2 atom stereocenters. The van der Waals surface area contributed by atoms with E-state index in [9.17, 15) is 0 Å². The summed E-state index contributed by atoms with van der Waals surface area (Å²) in [6.07, 6.45) is 2.70. The molecule has 0 aliphatic carbocycles. The fraction of sp³-hybridized carbons (Fsp3) is 1.00. The van der Waals surface area contributed by atoms with Crippen molar-refractivity contribution in [2.75, 3.05) is 6.54 Å². The second-order valence-corrected chi connectivity index (χ2v) is 11.2. The van der Waals surface area contributed by atoms with E-state index in [0.717, 1.165) is 26.5 Å². The van der Waals surface area contributed by atoms with Crippen LogP contribution in [0.5, 0.6) is 0 Å². The van der Waals surface area contributed by atoms with E-state index < -0.39 is 8.32 Å². The van der Waals surface area contributed by atoms with Gasteiger partial charge in [0.25, 0.3) is 0 Å². The molecule has 1 fully saturated rings. The van der Waals surface area contributed by atoms with Crippen LogP contribution in [0, 0.1) is 0 Å². The molecule has 0 N–H and O–H groups in total. The topological polar surface area (TPSA) is 40.4 Å². The Morgan fingerprint density at radius 2 is 1.89 bits per heavy atom. The third-order valence-corrected chi connectivity index (χ3v) is 8.38. The number of hydrogen-bond acceptors (Lipinski definition) is 2. The van der Waals surface area contributed by atoms with Crippen LogP contribution in [0.25, 0.3) is 5.32 Å². The maximum absolute atomic E-state index is 8.81. The van der Waals surface area contributed by atoms with Crippen molar-refractivity contribution >= 4 is 15.5 Å². The molecule has 0 spiro atoms. The van der Waals surface area contributed by atoms with E-state index in [0.29, 0.717) is 17.2 Å². The van der Waals surface area contributed by atoms with Gasteiger partial charge in [-0.1, -0.05) is 34.1 Å². The first-order valence-corrected chi connectivity index (χ1v) is 9.83. The summed E-state index contributed by atoms with van der Waals surface area (Å²) >= 11 is 0. The zero-order chi connectivity index (χ0) is 14.4. The van der Waals surface area contributed by atoms with E-state index in [1.165, 1.54) is 6.82 Å². The third-order valence-electron chi connectivity index (χ3n) is 3.84. The van der Waals surface area contributed by atoms with Gasteiger partial charge in [0, 0.05) is 6.10 Å². The predicted octanol–water partition coefficient (Wildman–Crippen LogP) is 4.02. The van der Waals surface area contributed by atoms with Crippen LogP contribution in [0.1, 0.15) is 40.5 Å². The average molecular weight is 270 g/mol. The molecule has 0 aromatic carbocycles. The van der Waals surface area contributed by atoms with E-state index in [2.05, 4.69) is 46.1 Å². The Morgan fingerprint density at radius 3 is 2.22 bits per heavy atom. The van der Waals surface area contributed by atoms with Gasteiger partial charge in [-0.05, 0) is 24.6 Å². The Morgan fingerprint density at radius 1 is 1.39 bits per heavy atom. The number of nitrogens with zero attached hydrogens (tertiary/aromatic N) is 1. The van der Waals surface area contributed by atoms with Crippen LogP contribution in [0.15, 0.2) is 0 Å². The van der Waals surface area contributed by atoms with Crippen molar-refractivity contribution in [2.24, 2.45) is 0 Å². The number of rotatable bonds is 3. The molecule has 0 amide bonds. The molecule has 1 rings (SSSR count). The normalized spacial score (nSPS) is 24.2. The van der Waals surface area contributed by atoms with Crippen LogP contribution < -0.4 is 0 Å². The van der Waals surface area contributed by atoms with Crippen molar-refractivity contribution < 1.29 is 9.13 Å². The minimum Gasteiger partial charge on any atom is -0.657 e. The van der Waals surface area contributed by atoms with Crippen LogP contribution in [0.3, 0.4) is 0 Å². The molecule has 3 nitrogen and oxygen atoms in total. The van der Waals surface area contributed by atoms with E-state index in [4.69, 9.17) is 9.13 Å². The Bertz CT molecular complexity index is 254. The third kappa shape index (κ3) is 5.76. The first kappa shape index (κ1) is 18.0. The molecule has 0 radical (unpaired) electrons. The average Bonchev–Trinajstić information content (AvgIpc) is 2.64. The fourth-order valence-electron chi connectivity index (χ4n) is 1.69. The second kappa shape index (κ2) is 7.56. The fourth-order valence-corrected chi connectivity index (χ4v) is 3.05. The zero-order valence-electron chi connectivity index (χ0n) is 13.1. The Labute approximate surface area is 114 Å². The van der Waals surface area contributed by atoms with Gasteiger partial charge in [-0.3, -0.25) is 0 Å². The van der Waals surface area contributed by atoms with Gasteiger partial charge in [-0.15, -0.1) is 12.6 Å². The first-order chi connectivity index (χ1) is 8.17. The van der Waals surface area contributed by atoms with Crippen LogP contribution in [0.4, 0.5) is 0 Å². The van der Waals surface area contributed by atoms with Crippen LogP contribution >= 0.6 is 0 Å². The van der Waals surface area contributed by atoms with Crippen molar-refractivity contribution in [3.05, 3.63) is 5.32 Å². The Balaban J connectivity index is 0.000000873. The molecule has 1 saturated heterocycles. The van der Waals surface area contributed by atoms with Gasteiger partial charge >= 0.3 is 18.7 Å². The van der Waals surface area contributed by atoms with Crippen LogP contribution in [-0.2, 0) is 9.13 Å². The summed E-state index contributed by atoms with van der Waals surface area (Å²) in [6.45, 7) is 16.1. The quantitative estimate of drug-likeness (QED) is 0.727. The SMILES string of the molecule is CB=O.CC[C@@H]1C[C@@H](O[Si](C)(C)C(C)(C)C)C[N-]1. The van der Waals surface area contributed by atoms with Crippen LogP contribution in [0.2, 0.25) is 25.0 Å². The molecule has 5 heteroatoms. The maximum Gasteiger partial charge on any atom is 0.192 e. The molecule has 1 aliphatic heterocycles. The smallest absolute Gasteiger partial charge is 0.192 e. The van der Waals surface area contributed by atoms with Gasteiger partial charge in [-0.25, -0.2) is 0 Å². The second-order valence-electron chi connectivity index (χ2n) is 6.40. The molecule has 18 heavy (non-hydrogen) atoms. The largest absolute Gasteiger partial charge is 0.657 e. The molecule has 0 aromatic heterocycles. The van der Waals surface area contributed by atoms with Gasteiger partial charge in [-0.2, -0.15) is 0 Å². The molecular weight excluding hydrogens is 241 g/mol. The van der Waals surface area contributed by atoms with Crippen molar-refractivity contribution in [1.82, 2.24) is 0 Å². The summed E-state index contributed by atoms with van der Waals surface area (Å²) in [5.74, 6) is 0. The molecular formula is C13H29BNO2Si-. The van der Waals surface area contributed by atoms with Gasteiger partial charge in [0.1, 0.15) is 0 Å². The summed E-state index contributed by atoms with van der Waals surface area (Å²) in [5, 5.41) is 4.92. The molecule has 0 unspecified atom stereocenters. The van der Waals surface area contributed by atoms with Crippen molar-refractivity contribution in [3.63, 3.8) is 0 Å². The van der Waals surface area contributed by atoms with E-state index in [-0.39, 0.29) is 0 Å². The molecule has 0 aromatic rings. The molecule has 1 aliphatic rings. The number of hydrogen-bond donors (Lipinski definition) is 0. The predicted molar refractivity (Wildman–Crippen MR) is 81.3 cm³/mol. The van der Waals surface area contributed by atoms with Crippen molar-refractivity contribution in [1.29, 1.82) is 0 Å². The maximum atomic E-state index is 8.81. The summed E-state index contributed by atoms with van der Waals surface area (Å²) in [6, 6.07) is 0.555. The summed E-state index contributed by atoms with van der Waals surface area (Å²) in [7, 11) is -0.822. The standard InChI is InChI=1S/C12H26NOSi.CH3BO/c1-7-10-8-11(9-13-10)14-15(5,6)12(2,3)4;1-2-3/h10-11H,7-9H2,1-6H3;1H3/q-1;/t10-,11-;/m1./s1. The van der Waals surface area contributed by atoms with Crippen LogP contribution in [-0.4, -0.2) is 34.2 Å². The van der Waals surface area contributed by atoms with Gasteiger partial charge in [0.15, 0.2) is 8.32 Å². The van der Waals surface area contributed by atoms with Crippen molar-refractivity contribution in [2.45, 2.75) is 77.6 Å². The zero-order valence-corrected chi connectivity index (χ0v) is 14.1. The molecule has 0 saturated carbocycles. The van der Waals surface area contributed by atoms with E-state index >= 15 is 0 Å².